The number of aryl methyl sites for hydroxylation is 2. The number of nitrogens with one attached hydrogen (secondary N) is 1. The average molecular weight is 324 g/mol. The molecule has 0 unspecified atom stereocenters. The maximum Gasteiger partial charge on any atom is 0.227 e. The van der Waals surface area contributed by atoms with E-state index in [0.717, 1.165) is 43.9 Å². The number of rotatable bonds is 3. The third kappa shape index (κ3) is 2.95. The van der Waals surface area contributed by atoms with E-state index < -0.39 is 0 Å². The lowest BCUT2D eigenvalue weighted by Gasteiger charge is -2.24. The molecule has 1 aromatic carbocycles. The van der Waals surface area contributed by atoms with Gasteiger partial charge in [0, 0.05) is 13.0 Å². The second-order valence-electron chi connectivity index (χ2n) is 6.86. The van der Waals surface area contributed by atoms with Crippen LogP contribution in [-0.2, 0) is 30.7 Å². The molecule has 4 rings (SSSR count). The van der Waals surface area contributed by atoms with Gasteiger partial charge in [0.25, 0.3) is 0 Å². The molecule has 1 aliphatic carbocycles. The van der Waals surface area contributed by atoms with Crippen LogP contribution < -0.4 is 5.32 Å². The molecule has 2 aromatic rings. The van der Waals surface area contributed by atoms with Crippen molar-refractivity contribution in [2.75, 3.05) is 0 Å². The molecular weight excluding hydrogens is 300 g/mol. The van der Waals surface area contributed by atoms with Gasteiger partial charge < -0.3 is 9.88 Å². The van der Waals surface area contributed by atoms with E-state index in [2.05, 4.69) is 38.3 Å². The summed E-state index contributed by atoms with van der Waals surface area (Å²) in [5, 5.41) is 11.7. The number of aromatic nitrogens is 3. The Labute approximate surface area is 142 Å². The van der Waals surface area contributed by atoms with Crippen LogP contribution in [0.5, 0.6) is 0 Å². The van der Waals surface area contributed by atoms with Crippen LogP contribution in [-0.4, -0.2) is 20.7 Å². The van der Waals surface area contributed by atoms with E-state index >= 15 is 0 Å². The number of benzene rings is 1. The van der Waals surface area contributed by atoms with Gasteiger partial charge in [0.2, 0.25) is 5.91 Å². The summed E-state index contributed by atoms with van der Waals surface area (Å²) in [5.74, 6) is 2.05. The molecule has 1 aliphatic heterocycles. The molecule has 2 aliphatic rings. The number of hydrogen-bond acceptors (Lipinski definition) is 3. The predicted octanol–water partition coefficient (Wildman–Crippen LogP) is 2.74. The van der Waals surface area contributed by atoms with Crippen molar-refractivity contribution in [2.24, 2.45) is 0 Å². The number of fused-ring (bicyclic) bond motifs is 2. The summed E-state index contributed by atoms with van der Waals surface area (Å²) in [7, 11) is 0. The SMILES string of the molecule is O=C(NCc1nnc2n1CCCCC2)[C@@H]1CCCc2ccccc21. The van der Waals surface area contributed by atoms with Crippen LogP contribution in [0.2, 0.25) is 0 Å². The van der Waals surface area contributed by atoms with Crippen LogP contribution in [0.3, 0.4) is 0 Å². The fraction of sp³-hybridized carbons (Fsp3) is 0.526. The lowest BCUT2D eigenvalue weighted by molar-refractivity contribution is -0.123. The monoisotopic (exact) mass is 324 g/mol. The number of carbonyl (C=O) groups is 1. The van der Waals surface area contributed by atoms with Gasteiger partial charge >= 0.3 is 0 Å². The van der Waals surface area contributed by atoms with Gasteiger partial charge in [-0.25, -0.2) is 0 Å². The average Bonchev–Trinajstić information content (AvgIpc) is 2.85. The van der Waals surface area contributed by atoms with E-state index in [1.807, 2.05) is 6.07 Å². The zero-order valence-electron chi connectivity index (χ0n) is 14.0. The Kier molecular flexibility index (Phi) is 4.32. The molecule has 0 bridgehead atoms. The first kappa shape index (κ1) is 15.4. The molecule has 5 nitrogen and oxygen atoms in total. The minimum Gasteiger partial charge on any atom is -0.348 e. The first-order valence-electron chi connectivity index (χ1n) is 9.09. The first-order valence-corrected chi connectivity index (χ1v) is 9.09. The van der Waals surface area contributed by atoms with Crippen molar-refractivity contribution in [1.82, 2.24) is 20.1 Å². The van der Waals surface area contributed by atoms with Gasteiger partial charge in [-0.05, 0) is 43.2 Å². The molecule has 5 heteroatoms. The number of hydrogen-bond donors (Lipinski definition) is 1. The van der Waals surface area contributed by atoms with Crippen molar-refractivity contribution < 1.29 is 4.79 Å². The van der Waals surface area contributed by atoms with Gasteiger partial charge in [0.15, 0.2) is 5.82 Å². The zero-order chi connectivity index (χ0) is 16.4. The second kappa shape index (κ2) is 6.75. The molecule has 2 heterocycles. The van der Waals surface area contributed by atoms with Gasteiger partial charge in [0.05, 0.1) is 12.5 Å². The summed E-state index contributed by atoms with van der Waals surface area (Å²) in [6.07, 6.45) is 7.68. The lowest BCUT2D eigenvalue weighted by Crippen LogP contribution is -2.32. The smallest absolute Gasteiger partial charge is 0.227 e. The molecule has 1 amide bonds. The molecular formula is C19H24N4O. The summed E-state index contributed by atoms with van der Waals surface area (Å²) in [5.41, 5.74) is 2.52. The minimum absolute atomic E-state index is 0.0264. The fourth-order valence-electron chi connectivity index (χ4n) is 3.99. The minimum atomic E-state index is -0.0264. The van der Waals surface area contributed by atoms with Gasteiger partial charge in [-0.1, -0.05) is 30.7 Å². The summed E-state index contributed by atoms with van der Waals surface area (Å²) < 4.78 is 2.20. The van der Waals surface area contributed by atoms with Crippen LogP contribution in [0, 0.1) is 0 Å². The third-order valence-electron chi connectivity index (χ3n) is 5.29. The molecule has 0 fully saturated rings. The Hall–Kier alpha value is -2.17. The van der Waals surface area contributed by atoms with E-state index in [-0.39, 0.29) is 11.8 Å². The second-order valence-corrected chi connectivity index (χ2v) is 6.86. The fourth-order valence-corrected chi connectivity index (χ4v) is 3.99. The third-order valence-corrected chi connectivity index (χ3v) is 5.29. The standard InChI is InChI=1S/C19H24N4O/c24-19(16-10-6-8-14-7-3-4-9-15(14)16)20-13-18-22-21-17-11-2-1-5-12-23(17)18/h3-4,7,9,16H,1-2,5-6,8,10-13H2,(H,20,24)/t16-/m1/s1. The molecule has 0 saturated carbocycles. The quantitative estimate of drug-likeness (QED) is 0.944. The lowest BCUT2D eigenvalue weighted by atomic mass is 9.82. The highest BCUT2D eigenvalue weighted by molar-refractivity contribution is 5.84. The maximum atomic E-state index is 12.7. The Morgan fingerprint density at radius 3 is 3.00 bits per heavy atom. The highest BCUT2D eigenvalue weighted by atomic mass is 16.1. The van der Waals surface area contributed by atoms with Crippen molar-refractivity contribution in [3.8, 4) is 0 Å². The Bertz CT molecular complexity index is 737. The summed E-state index contributed by atoms with van der Waals surface area (Å²) in [6.45, 7) is 1.45. The van der Waals surface area contributed by atoms with Crippen molar-refractivity contribution in [3.63, 3.8) is 0 Å². The Morgan fingerprint density at radius 1 is 1.12 bits per heavy atom. The number of nitrogens with zero attached hydrogens (tertiary/aromatic N) is 3. The van der Waals surface area contributed by atoms with Crippen LogP contribution >= 0.6 is 0 Å². The van der Waals surface area contributed by atoms with Crippen LogP contribution in [0.1, 0.15) is 60.8 Å². The van der Waals surface area contributed by atoms with E-state index in [9.17, 15) is 4.79 Å². The number of amides is 1. The van der Waals surface area contributed by atoms with Crippen molar-refractivity contribution >= 4 is 5.91 Å². The largest absolute Gasteiger partial charge is 0.348 e. The van der Waals surface area contributed by atoms with E-state index in [1.165, 1.54) is 30.4 Å². The van der Waals surface area contributed by atoms with Crippen LogP contribution in [0.25, 0.3) is 0 Å². The first-order chi connectivity index (χ1) is 11.8. The van der Waals surface area contributed by atoms with Crippen LogP contribution in [0.15, 0.2) is 24.3 Å². The van der Waals surface area contributed by atoms with Crippen molar-refractivity contribution in [1.29, 1.82) is 0 Å². The van der Waals surface area contributed by atoms with Gasteiger partial charge in [-0.2, -0.15) is 0 Å². The van der Waals surface area contributed by atoms with Crippen LogP contribution in [0.4, 0.5) is 0 Å². The topological polar surface area (TPSA) is 59.8 Å². The molecule has 1 N–H and O–H groups in total. The normalized spacial score (nSPS) is 19.9. The highest BCUT2D eigenvalue weighted by Crippen LogP contribution is 2.31. The molecule has 0 radical (unpaired) electrons. The van der Waals surface area contributed by atoms with Gasteiger partial charge in [0.1, 0.15) is 5.82 Å². The van der Waals surface area contributed by atoms with E-state index in [4.69, 9.17) is 0 Å². The number of carbonyl (C=O) groups excluding carboxylic acids is 1. The summed E-state index contributed by atoms with van der Waals surface area (Å²) in [6, 6.07) is 8.34. The maximum absolute atomic E-state index is 12.7. The van der Waals surface area contributed by atoms with Crippen molar-refractivity contribution in [2.45, 2.75) is 64.0 Å². The van der Waals surface area contributed by atoms with Gasteiger partial charge in [-0.3, -0.25) is 4.79 Å². The molecule has 1 aromatic heterocycles. The molecule has 1 atom stereocenters. The Morgan fingerprint density at radius 2 is 2.04 bits per heavy atom. The molecule has 24 heavy (non-hydrogen) atoms. The zero-order valence-corrected chi connectivity index (χ0v) is 14.0. The predicted molar refractivity (Wildman–Crippen MR) is 91.5 cm³/mol. The highest BCUT2D eigenvalue weighted by Gasteiger charge is 2.26. The van der Waals surface area contributed by atoms with Gasteiger partial charge in [-0.15, -0.1) is 10.2 Å². The Balaban J connectivity index is 1.46. The van der Waals surface area contributed by atoms with E-state index in [0.29, 0.717) is 6.54 Å². The van der Waals surface area contributed by atoms with E-state index in [1.54, 1.807) is 0 Å². The molecule has 0 spiro atoms. The van der Waals surface area contributed by atoms with Crippen molar-refractivity contribution in [3.05, 3.63) is 47.0 Å². The summed E-state index contributed by atoms with van der Waals surface area (Å²) in [4.78, 5) is 12.7. The molecule has 0 saturated heterocycles. The summed E-state index contributed by atoms with van der Waals surface area (Å²) >= 11 is 0. The molecule has 126 valence electrons.